The van der Waals surface area contributed by atoms with Crippen molar-refractivity contribution in [3.05, 3.63) is 100 Å². The van der Waals surface area contributed by atoms with Crippen molar-refractivity contribution in [1.29, 1.82) is 0 Å². The van der Waals surface area contributed by atoms with E-state index in [2.05, 4.69) is 29.2 Å². The molecule has 122 valence electrons. The minimum absolute atomic E-state index is 0.261. The number of aromatic hydroxyl groups is 1. The maximum Gasteiger partial charge on any atom is 0.261 e. The van der Waals surface area contributed by atoms with Crippen LogP contribution in [0.25, 0.3) is 16.8 Å². The topological polar surface area (TPSA) is 54.6 Å². The lowest BCUT2D eigenvalue weighted by Crippen LogP contribution is -2.12. The highest BCUT2D eigenvalue weighted by molar-refractivity contribution is 5.65. The fourth-order valence-electron chi connectivity index (χ4n) is 2.95. The summed E-state index contributed by atoms with van der Waals surface area (Å²) in [5, 5.41) is 9.45. The number of rotatable bonds is 3. The van der Waals surface area contributed by atoms with Crippen LogP contribution in [0.15, 0.2) is 83.8 Å². The van der Waals surface area contributed by atoms with E-state index in [1.165, 1.54) is 15.5 Å². The normalized spacial score (nSPS) is 10.9. The van der Waals surface area contributed by atoms with Gasteiger partial charge in [-0.3, -0.25) is 9.20 Å². The number of hydrogen-bond donors (Lipinski definition) is 1. The zero-order valence-electron chi connectivity index (χ0n) is 13.5. The molecule has 0 radical (unpaired) electrons. The first kappa shape index (κ1) is 15.1. The number of aromatic nitrogens is 2. The van der Waals surface area contributed by atoms with E-state index in [4.69, 9.17) is 0 Å². The summed E-state index contributed by atoms with van der Waals surface area (Å²) in [4.78, 5) is 16.0. The predicted octanol–water partition coefficient (Wildman–Crippen LogP) is 3.66. The molecule has 0 saturated heterocycles. The largest absolute Gasteiger partial charge is 0.493 e. The van der Waals surface area contributed by atoms with Crippen molar-refractivity contribution in [3.63, 3.8) is 0 Å². The van der Waals surface area contributed by atoms with Crippen LogP contribution in [0.1, 0.15) is 11.1 Å². The molecule has 2 heterocycles. The fourth-order valence-corrected chi connectivity index (χ4v) is 2.95. The van der Waals surface area contributed by atoms with Gasteiger partial charge in [0.1, 0.15) is 5.65 Å². The van der Waals surface area contributed by atoms with Gasteiger partial charge in [-0.25, -0.2) is 0 Å². The molecule has 0 spiro atoms. The Kier molecular flexibility index (Phi) is 3.78. The zero-order chi connectivity index (χ0) is 17.2. The Morgan fingerprint density at radius 2 is 1.64 bits per heavy atom. The van der Waals surface area contributed by atoms with Gasteiger partial charge in [-0.2, -0.15) is 4.98 Å². The second-order valence-corrected chi connectivity index (χ2v) is 5.96. The van der Waals surface area contributed by atoms with Gasteiger partial charge in [0.25, 0.3) is 5.56 Å². The van der Waals surface area contributed by atoms with Crippen molar-refractivity contribution in [2.45, 2.75) is 6.42 Å². The first-order valence-corrected chi connectivity index (χ1v) is 8.05. The highest BCUT2D eigenvalue weighted by Gasteiger charge is 2.05. The van der Waals surface area contributed by atoms with Crippen molar-refractivity contribution < 1.29 is 5.11 Å². The molecule has 0 unspecified atom stereocenters. The standard InChI is InChI=1S/C21H16N2O2/c24-20-13-21(25)23-14-18(9-10-19(23)22-20)17-8-4-7-16(12-17)11-15-5-2-1-3-6-15/h1-10,12-14,24H,11H2. The summed E-state index contributed by atoms with van der Waals surface area (Å²) in [6, 6.07) is 23.3. The Balaban J connectivity index is 1.73. The van der Waals surface area contributed by atoms with Gasteiger partial charge in [-0.15, -0.1) is 0 Å². The van der Waals surface area contributed by atoms with Gasteiger partial charge >= 0.3 is 0 Å². The fraction of sp³-hybridized carbons (Fsp3) is 0.0476. The number of pyridine rings is 1. The van der Waals surface area contributed by atoms with Crippen LogP contribution in [-0.4, -0.2) is 14.5 Å². The van der Waals surface area contributed by atoms with E-state index >= 15 is 0 Å². The van der Waals surface area contributed by atoms with Gasteiger partial charge in [0.15, 0.2) is 0 Å². The Hall–Kier alpha value is -3.40. The third kappa shape index (κ3) is 3.15. The van der Waals surface area contributed by atoms with Gasteiger partial charge in [0.2, 0.25) is 5.88 Å². The number of fused-ring (bicyclic) bond motifs is 1. The van der Waals surface area contributed by atoms with Crippen LogP contribution in [0.3, 0.4) is 0 Å². The summed E-state index contributed by atoms with van der Waals surface area (Å²) in [7, 11) is 0. The minimum atomic E-state index is -0.301. The summed E-state index contributed by atoms with van der Waals surface area (Å²) < 4.78 is 1.44. The van der Waals surface area contributed by atoms with E-state index in [1.807, 2.05) is 36.4 Å². The number of nitrogens with zero attached hydrogens (tertiary/aromatic N) is 2. The molecule has 2 aromatic heterocycles. The van der Waals surface area contributed by atoms with Crippen molar-refractivity contribution >= 4 is 5.65 Å². The van der Waals surface area contributed by atoms with Crippen LogP contribution in [0.4, 0.5) is 0 Å². The molecule has 25 heavy (non-hydrogen) atoms. The lowest BCUT2D eigenvalue weighted by Gasteiger charge is -2.08. The molecule has 0 fully saturated rings. The van der Waals surface area contributed by atoms with Crippen LogP contribution in [0, 0.1) is 0 Å². The molecule has 1 N–H and O–H groups in total. The molecule has 0 saturated carbocycles. The number of benzene rings is 2. The second-order valence-electron chi connectivity index (χ2n) is 5.96. The highest BCUT2D eigenvalue weighted by Crippen LogP contribution is 2.22. The lowest BCUT2D eigenvalue weighted by atomic mass is 10.00. The van der Waals surface area contributed by atoms with Crippen LogP contribution in [-0.2, 0) is 6.42 Å². The quantitative estimate of drug-likeness (QED) is 0.624. The summed E-state index contributed by atoms with van der Waals surface area (Å²) in [6.07, 6.45) is 2.61. The monoisotopic (exact) mass is 328 g/mol. The first-order valence-electron chi connectivity index (χ1n) is 8.05. The summed E-state index contributed by atoms with van der Waals surface area (Å²) >= 11 is 0. The highest BCUT2D eigenvalue weighted by atomic mass is 16.3. The Morgan fingerprint density at radius 3 is 2.48 bits per heavy atom. The van der Waals surface area contributed by atoms with Crippen molar-refractivity contribution in [3.8, 4) is 17.0 Å². The van der Waals surface area contributed by atoms with E-state index in [-0.39, 0.29) is 11.4 Å². The van der Waals surface area contributed by atoms with Gasteiger partial charge in [-0.05, 0) is 40.8 Å². The summed E-state index contributed by atoms with van der Waals surface area (Å²) in [5.74, 6) is -0.261. The Labute approximate surface area is 144 Å². The molecule has 0 aliphatic rings. The molecule has 0 bridgehead atoms. The molecule has 0 amide bonds. The van der Waals surface area contributed by atoms with E-state index < -0.39 is 0 Å². The molecule has 4 aromatic rings. The van der Waals surface area contributed by atoms with Crippen LogP contribution >= 0.6 is 0 Å². The summed E-state index contributed by atoms with van der Waals surface area (Å²) in [5.41, 5.74) is 4.56. The van der Waals surface area contributed by atoms with Crippen LogP contribution in [0.5, 0.6) is 5.88 Å². The maximum atomic E-state index is 12.1. The molecule has 4 heteroatoms. The van der Waals surface area contributed by atoms with E-state index in [0.717, 1.165) is 23.6 Å². The smallest absolute Gasteiger partial charge is 0.261 e. The molecule has 4 rings (SSSR count). The molecule has 0 aliphatic carbocycles. The third-order valence-electron chi connectivity index (χ3n) is 4.16. The van der Waals surface area contributed by atoms with Crippen molar-refractivity contribution in [1.82, 2.24) is 9.38 Å². The van der Waals surface area contributed by atoms with E-state index in [0.29, 0.717) is 5.65 Å². The minimum Gasteiger partial charge on any atom is -0.493 e. The lowest BCUT2D eigenvalue weighted by molar-refractivity contribution is 0.453. The molecule has 2 aromatic carbocycles. The van der Waals surface area contributed by atoms with E-state index in [9.17, 15) is 9.90 Å². The molecular weight excluding hydrogens is 312 g/mol. The Morgan fingerprint density at radius 1 is 0.840 bits per heavy atom. The Bertz CT molecular complexity index is 1100. The average molecular weight is 328 g/mol. The third-order valence-corrected chi connectivity index (χ3v) is 4.16. The van der Waals surface area contributed by atoms with E-state index in [1.54, 1.807) is 12.3 Å². The van der Waals surface area contributed by atoms with Gasteiger partial charge in [-0.1, -0.05) is 54.6 Å². The van der Waals surface area contributed by atoms with Gasteiger partial charge in [0, 0.05) is 6.20 Å². The molecule has 0 atom stereocenters. The van der Waals surface area contributed by atoms with Crippen LogP contribution < -0.4 is 5.56 Å². The molecular formula is C21H16N2O2. The van der Waals surface area contributed by atoms with Crippen LogP contribution in [0.2, 0.25) is 0 Å². The van der Waals surface area contributed by atoms with Crippen molar-refractivity contribution in [2.24, 2.45) is 0 Å². The predicted molar refractivity (Wildman–Crippen MR) is 97.8 cm³/mol. The van der Waals surface area contributed by atoms with Gasteiger partial charge < -0.3 is 5.11 Å². The SMILES string of the molecule is O=c1cc(O)nc2ccc(-c3cccc(Cc4ccccc4)c3)cn12. The summed E-state index contributed by atoms with van der Waals surface area (Å²) in [6.45, 7) is 0. The zero-order valence-corrected chi connectivity index (χ0v) is 13.5. The molecule has 0 aliphatic heterocycles. The first-order chi connectivity index (χ1) is 12.2. The average Bonchev–Trinajstić information content (AvgIpc) is 2.62. The van der Waals surface area contributed by atoms with Crippen molar-refractivity contribution in [2.75, 3.05) is 0 Å². The van der Waals surface area contributed by atoms with Gasteiger partial charge in [0.05, 0.1) is 6.07 Å². The molecule has 4 nitrogen and oxygen atoms in total. The number of hydrogen-bond acceptors (Lipinski definition) is 3. The second kappa shape index (κ2) is 6.24. The maximum absolute atomic E-state index is 12.1.